The quantitative estimate of drug-likeness (QED) is 0.638. The first-order chi connectivity index (χ1) is 9.70. The Morgan fingerprint density at radius 1 is 1.45 bits per heavy atom. The van der Waals surface area contributed by atoms with E-state index in [1.165, 1.54) is 25.0 Å². The molecule has 0 spiro atoms. The lowest BCUT2D eigenvalue weighted by Crippen LogP contribution is -2.25. The second-order valence-corrected chi connectivity index (χ2v) is 5.04. The fourth-order valence-electron chi connectivity index (χ4n) is 2.02. The lowest BCUT2D eigenvalue weighted by Gasteiger charge is -2.06. The van der Waals surface area contributed by atoms with E-state index >= 15 is 0 Å². The number of hydrogen-bond acceptors (Lipinski definition) is 2. The van der Waals surface area contributed by atoms with Gasteiger partial charge in [-0.3, -0.25) is 4.79 Å². The highest BCUT2D eigenvalue weighted by Gasteiger charge is 2.20. The molecule has 0 radical (unpaired) electrons. The van der Waals surface area contributed by atoms with Crippen LogP contribution in [0.15, 0.2) is 18.2 Å². The zero-order valence-corrected chi connectivity index (χ0v) is 11.4. The van der Waals surface area contributed by atoms with Gasteiger partial charge in [0.2, 0.25) is 0 Å². The fraction of sp³-hybridized carbons (Fsp3) is 0.438. The topological polar surface area (TPSA) is 55.1 Å². The zero-order valence-electron chi connectivity index (χ0n) is 11.4. The zero-order chi connectivity index (χ0) is 14.4. The molecule has 1 aromatic rings. The van der Waals surface area contributed by atoms with Crippen molar-refractivity contribution in [2.75, 3.05) is 13.1 Å². The summed E-state index contributed by atoms with van der Waals surface area (Å²) in [6, 6.07) is 4.36. The van der Waals surface area contributed by atoms with Gasteiger partial charge in [-0.2, -0.15) is 0 Å². The fourth-order valence-corrected chi connectivity index (χ4v) is 2.02. The molecular weight excluding hydrogens is 255 g/mol. The third-order valence-electron chi connectivity index (χ3n) is 3.32. The molecule has 0 unspecified atom stereocenters. The van der Waals surface area contributed by atoms with Gasteiger partial charge in [0.15, 0.2) is 0 Å². The number of carbonyl (C=O) groups excluding carboxylic acids is 1. The lowest BCUT2D eigenvalue weighted by atomic mass is 10.1. The van der Waals surface area contributed by atoms with E-state index < -0.39 is 5.82 Å². The van der Waals surface area contributed by atoms with E-state index in [0.29, 0.717) is 12.1 Å². The van der Waals surface area contributed by atoms with E-state index in [2.05, 4.69) is 17.2 Å². The van der Waals surface area contributed by atoms with Crippen LogP contribution in [0.1, 0.15) is 41.6 Å². The highest BCUT2D eigenvalue weighted by atomic mass is 19.1. The SMILES string of the molecule is NCC#Cc1ccc(C(=O)NCCCC2CC2)c(F)c1. The minimum absolute atomic E-state index is 0.0646. The molecule has 1 amide bonds. The van der Waals surface area contributed by atoms with E-state index in [0.717, 1.165) is 18.8 Å². The van der Waals surface area contributed by atoms with E-state index in [1.807, 2.05) is 0 Å². The summed E-state index contributed by atoms with van der Waals surface area (Å²) < 4.78 is 13.8. The van der Waals surface area contributed by atoms with Crippen LogP contribution in [-0.2, 0) is 0 Å². The van der Waals surface area contributed by atoms with E-state index in [4.69, 9.17) is 5.73 Å². The van der Waals surface area contributed by atoms with Crippen molar-refractivity contribution in [1.29, 1.82) is 0 Å². The molecule has 1 fully saturated rings. The number of benzene rings is 1. The van der Waals surface area contributed by atoms with Crippen LogP contribution >= 0.6 is 0 Å². The maximum absolute atomic E-state index is 13.8. The Hall–Kier alpha value is -1.86. The Kier molecular flexibility index (Phi) is 5.14. The third kappa shape index (κ3) is 4.36. The van der Waals surface area contributed by atoms with Gasteiger partial charge in [0.25, 0.3) is 5.91 Å². The van der Waals surface area contributed by atoms with Crippen molar-refractivity contribution in [2.45, 2.75) is 25.7 Å². The van der Waals surface area contributed by atoms with Crippen LogP contribution < -0.4 is 11.1 Å². The second kappa shape index (κ2) is 7.06. The molecule has 0 aromatic heterocycles. The van der Waals surface area contributed by atoms with Gasteiger partial charge in [-0.05, 0) is 37.0 Å². The molecule has 1 aliphatic rings. The Morgan fingerprint density at radius 3 is 2.90 bits per heavy atom. The van der Waals surface area contributed by atoms with Crippen LogP contribution in [0.4, 0.5) is 4.39 Å². The van der Waals surface area contributed by atoms with Gasteiger partial charge in [-0.1, -0.05) is 24.7 Å². The maximum Gasteiger partial charge on any atom is 0.254 e. The molecule has 3 N–H and O–H groups in total. The van der Waals surface area contributed by atoms with Crippen molar-refractivity contribution >= 4 is 5.91 Å². The molecule has 4 heteroatoms. The largest absolute Gasteiger partial charge is 0.352 e. The summed E-state index contributed by atoms with van der Waals surface area (Å²) in [5, 5.41) is 2.75. The predicted octanol–water partition coefficient (Wildman–Crippen LogP) is 2.06. The Balaban J connectivity index is 1.87. The van der Waals surface area contributed by atoms with Crippen LogP contribution in [0.25, 0.3) is 0 Å². The van der Waals surface area contributed by atoms with Crippen molar-refractivity contribution in [3.05, 3.63) is 35.1 Å². The van der Waals surface area contributed by atoms with Gasteiger partial charge in [0.05, 0.1) is 12.1 Å². The molecule has 3 nitrogen and oxygen atoms in total. The normalized spacial score (nSPS) is 13.5. The molecular formula is C16H19FN2O. The summed E-state index contributed by atoms with van der Waals surface area (Å²) in [5.41, 5.74) is 5.85. The molecule has 106 valence electrons. The molecule has 0 heterocycles. The number of nitrogens with one attached hydrogen (secondary N) is 1. The van der Waals surface area contributed by atoms with Crippen molar-refractivity contribution in [1.82, 2.24) is 5.32 Å². The molecule has 0 saturated heterocycles. The van der Waals surface area contributed by atoms with Gasteiger partial charge in [-0.15, -0.1) is 0 Å². The number of hydrogen-bond donors (Lipinski definition) is 2. The molecule has 0 atom stereocenters. The van der Waals surface area contributed by atoms with Crippen LogP contribution in [0.2, 0.25) is 0 Å². The van der Waals surface area contributed by atoms with Gasteiger partial charge < -0.3 is 11.1 Å². The molecule has 20 heavy (non-hydrogen) atoms. The number of carbonyl (C=O) groups is 1. The van der Waals surface area contributed by atoms with Crippen molar-refractivity contribution in [3.63, 3.8) is 0 Å². The number of rotatable bonds is 5. The van der Waals surface area contributed by atoms with Crippen molar-refractivity contribution < 1.29 is 9.18 Å². The molecule has 0 aliphatic heterocycles. The number of amides is 1. The van der Waals surface area contributed by atoms with E-state index in [-0.39, 0.29) is 18.0 Å². The van der Waals surface area contributed by atoms with Gasteiger partial charge in [-0.25, -0.2) is 4.39 Å². The van der Waals surface area contributed by atoms with E-state index in [1.54, 1.807) is 6.07 Å². The van der Waals surface area contributed by atoms with Crippen molar-refractivity contribution in [2.24, 2.45) is 11.7 Å². The van der Waals surface area contributed by atoms with Crippen LogP contribution in [-0.4, -0.2) is 19.0 Å². The molecule has 1 aliphatic carbocycles. The van der Waals surface area contributed by atoms with Crippen LogP contribution in [0.3, 0.4) is 0 Å². The summed E-state index contributed by atoms with van der Waals surface area (Å²) >= 11 is 0. The average Bonchev–Trinajstić information content (AvgIpc) is 3.25. The van der Waals surface area contributed by atoms with Gasteiger partial charge in [0.1, 0.15) is 5.82 Å². The molecule has 0 bridgehead atoms. The summed E-state index contributed by atoms with van der Waals surface area (Å²) in [6.45, 7) is 0.828. The third-order valence-corrected chi connectivity index (χ3v) is 3.32. The summed E-state index contributed by atoms with van der Waals surface area (Å²) in [7, 11) is 0. The Morgan fingerprint density at radius 2 is 2.25 bits per heavy atom. The molecule has 1 saturated carbocycles. The summed E-state index contributed by atoms with van der Waals surface area (Å²) in [6.07, 6.45) is 4.73. The number of halogens is 1. The Bertz CT molecular complexity index is 541. The first kappa shape index (κ1) is 14.5. The second-order valence-electron chi connectivity index (χ2n) is 5.04. The van der Waals surface area contributed by atoms with Crippen molar-refractivity contribution in [3.8, 4) is 11.8 Å². The standard InChI is InChI=1S/C16H19FN2O/c17-15-11-13(3-1-9-18)7-8-14(15)16(20)19-10-2-4-12-5-6-12/h7-8,11-12H,2,4-6,9-10,18H2,(H,19,20). The first-order valence-electron chi connectivity index (χ1n) is 6.97. The minimum Gasteiger partial charge on any atom is -0.352 e. The summed E-state index contributed by atoms with van der Waals surface area (Å²) in [5.74, 6) is 5.32. The lowest BCUT2D eigenvalue weighted by molar-refractivity contribution is 0.0949. The maximum atomic E-state index is 13.8. The minimum atomic E-state index is -0.548. The highest BCUT2D eigenvalue weighted by molar-refractivity contribution is 5.94. The Labute approximate surface area is 118 Å². The molecule has 2 rings (SSSR count). The smallest absolute Gasteiger partial charge is 0.254 e. The summed E-state index contributed by atoms with van der Waals surface area (Å²) in [4.78, 5) is 11.8. The van der Waals surface area contributed by atoms with Gasteiger partial charge in [0, 0.05) is 12.1 Å². The molecule has 1 aromatic carbocycles. The predicted molar refractivity (Wildman–Crippen MR) is 76.6 cm³/mol. The van der Waals surface area contributed by atoms with E-state index in [9.17, 15) is 9.18 Å². The monoisotopic (exact) mass is 274 g/mol. The van der Waals surface area contributed by atoms with Gasteiger partial charge >= 0.3 is 0 Å². The van der Waals surface area contributed by atoms with Crippen LogP contribution in [0, 0.1) is 23.6 Å². The number of nitrogens with two attached hydrogens (primary N) is 1. The average molecular weight is 274 g/mol. The first-order valence-corrected chi connectivity index (χ1v) is 6.97. The highest BCUT2D eigenvalue weighted by Crippen LogP contribution is 2.33. The van der Waals surface area contributed by atoms with Crippen LogP contribution in [0.5, 0.6) is 0 Å².